The van der Waals surface area contributed by atoms with Crippen molar-refractivity contribution in [2.75, 3.05) is 26.2 Å². The summed E-state index contributed by atoms with van der Waals surface area (Å²) in [5, 5.41) is 19.2. The van der Waals surface area contributed by atoms with E-state index >= 15 is 0 Å². The summed E-state index contributed by atoms with van der Waals surface area (Å²) in [5.41, 5.74) is 6.98. The SMILES string of the molecule is CCc1c2c(nc3ccc(OC(=O)N4CCC(N5CCCCC5)CC4)cc13)-c1cc3c(c(=O)n1C2)COC(=O)[C@]3(O)CC.Cn1nnc2c(C(N)=O)ncn2c1=O. The highest BCUT2D eigenvalue weighted by molar-refractivity contribution is 5.96. The number of nitrogens with zero attached hydrogens (tertiary/aromatic N) is 9. The third kappa shape index (κ3) is 6.51. The number of aryl methyl sites for hydroxylation is 2. The van der Waals surface area contributed by atoms with Crippen LogP contribution in [-0.2, 0) is 41.8 Å². The van der Waals surface area contributed by atoms with Crippen LogP contribution in [0.3, 0.4) is 0 Å². The van der Waals surface area contributed by atoms with Gasteiger partial charge in [-0.05, 0) is 81.4 Å². The first-order chi connectivity index (χ1) is 27.4. The highest BCUT2D eigenvalue weighted by Crippen LogP contribution is 2.41. The molecule has 1 atom stereocenters. The quantitative estimate of drug-likeness (QED) is 0.239. The number of ether oxygens (including phenoxy) is 2. The van der Waals surface area contributed by atoms with Gasteiger partial charge in [0.05, 0.1) is 29.0 Å². The molecular formula is C39H44N10O8. The fraction of sp³-hybridized carbons (Fsp3) is 0.462. The Kier molecular flexibility index (Phi) is 9.85. The number of rotatable bonds is 5. The van der Waals surface area contributed by atoms with Gasteiger partial charge in [0.1, 0.15) is 18.7 Å². The molecule has 2 fully saturated rings. The molecule has 0 bridgehead atoms. The van der Waals surface area contributed by atoms with Crippen molar-refractivity contribution in [1.82, 2.24) is 43.7 Å². The number of aliphatic hydroxyl groups is 1. The normalized spacial score (nSPS) is 19.4. The van der Waals surface area contributed by atoms with E-state index in [4.69, 9.17) is 20.2 Å². The molecule has 0 saturated carbocycles. The minimum atomic E-state index is -1.86. The van der Waals surface area contributed by atoms with Crippen molar-refractivity contribution >= 4 is 34.5 Å². The van der Waals surface area contributed by atoms with E-state index in [1.807, 2.05) is 17.0 Å². The van der Waals surface area contributed by atoms with Gasteiger partial charge in [-0.25, -0.2) is 28.8 Å². The van der Waals surface area contributed by atoms with Crippen LogP contribution in [-0.4, -0.2) is 99.0 Å². The molecule has 2 saturated heterocycles. The number of fused-ring (bicyclic) bond motifs is 6. The molecule has 5 aromatic rings. The number of benzene rings is 1. The lowest BCUT2D eigenvalue weighted by Crippen LogP contribution is -2.48. The summed E-state index contributed by atoms with van der Waals surface area (Å²) in [5.74, 6) is -1.01. The summed E-state index contributed by atoms with van der Waals surface area (Å²) in [6, 6.07) is 7.77. The van der Waals surface area contributed by atoms with E-state index in [0.717, 1.165) is 44.0 Å². The average molecular weight is 781 g/mol. The minimum Gasteiger partial charge on any atom is -0.458 e. The van der Waals surface area contributed by atoms with Crippen molar-refractivity contribution in [3.8, 4) is 17.1 Å². The maximum atomic E-state index is 13.6. The van der Waals surface area contributed by atoms with Crippen molar-refractivity contribution in [2.45, 2.75) is 83.6 Å². The molecule has 1 aromatic carbocycles. The Hall–Kier alpha value is -6.01. The number of esters is 1. The number of amides is 2. The third-order valence-electron chi connectivity index (χ3n) is 11.7. The fourth-order valence-electron chi connectivity index (χ4n) is 8.53. The molecule has 4 aromatic heterocycles. The van der Waals surface area contributed by atoms with Gasteiger partial charge in [0.25, 0.3) is 11.5 Å². The summed E-state index contributed by atoms with van der Waals surface area (Å²) in [6.07, 6.45) is 7.45. The third-order valence-corrected chi connectivity index (χ3v) is 11.7. The molecule has 8 heterocycles. The molecule has 2 amide bonds. The van der Waals surface area contributed by atoms with Crippen LogP contribution >= 0.6 is 0 Å². The second kappa shape index (κ2) is 14.8. The van der Waals surface area contributed by atoms with Gasteiger partial charge in [0.15, 0.2) is 16.9 Å². The first kappa shape index (κ1) is 37.9. The van der Waals surface area contributed by atoms with Gasteiger partial charge in [-0.3, -0.25) is 9.59 Å². The van der Waals surface area contributed by atoms with Gasteiger partial charge < -0.3 is 34.7 Å². The summed E-state index contributed by atoms with van der Waals surface area (Å²) >= 11 is 0. The topological polar surface area (TPSA) is 222 Å². The summed E-state index contributed by atoms with van der Waals surface area (Å²) < 4.78 is 14.8. The Morgan fingerprint density at radius 2 is 1.79 bits per heavy atom. The number of imidazole rings is 1. The largest absolute Gasteiger partial charge is 0.458 e. The zero-order valence-electron chi connectivity index (χ0n) is 32.1. The van der Waals surface area contributed by atoms with E-state index in [9.17, 15) is 29.1 Å². The maximum Gasteiger partial charge on any atom is 0.415 e. The highest BCUT2D eigenvalue weighted by Gasteiger charge is 2.45. The van der Waals surface area contributed by atoms with Crippen LogP contribution in [0.5, 0.6) is 5.75 Å². The van der Waals surface area contributed by atoms with Gasteiger partial charge in [-0.15, -0.1) is 5.10 Å². The summed E-state index contributed by atoms with van der Waals surface area (Å²) in [6.45, 7) is 7.65. The van der Waals surface area contributed by atoms with Crippen molar-refractivity contribution in [3.05, 3.63) is 79.4 Å². The number of nitrogens with two attached hydrogens (primary N) is 1. The van der Waals surface area contributed by atoms with Crippen LogP contribution in [0.25, 0.3) is 27.9 Å². The standard InChI is InChI=1S/C33H38N4O6.C6H6N6O2/c1-3-22-23-16-21(43-32(40)36-14-10-20(11-15-36)35-12-6-5-7-13-35)8-9-27(23)34-29-24(22)18-37-28(29)17-26-25(30(37)38)19-42-31(39)33(26,41)4-2;1-11-6(14)12-2-8-3(4(7)13)5(12)9-10-11/h8-9,16-17,20,41H,3-7,10-15,18-19H2,1-2H3;2H,1H3,(H2,7,13)/t33-;/m0./s1. The van der Waals surface area contributed by atoms with Gasteiger partial charge in [-0.1, -0.05) is 25.5 Å². The van der Waals surface area contributed by atoms with E-state index in [-0.39, 0.29) is 36.0 Å². The predicted molar refractivity (Wildman–Crippen MR) is 204 cm³/mol. The van der Waals surface area contributed by atoms with Crippen LogP contribution in [0.2, 0.25) is 0 Å². The first-order valence-electron chi connectivity index (χ1n) is 19.3. The maximum absolute atomic E-state index is 13.6. The average Bonchev–Trinajstić information content (AvgIpc) is 3.83. The Labute approximate surface area is 325 Å². The number of likely N-dealkylation sites (tertiary alicyclic amines) is 2. The summed E-state index contributed by atoms with van der Waals surface area (Å²) in [4.78, 5) is 74.4. The molecule has 0 aliphatic carbocycles. The molecule has 4 aliphatic heterocycles. The molecule has 0 spiro atoms. The molecule has 57 heavy (non-hydrogen) atoms. The molecule has 18 heteroatoms. The molecule has 298 valence electrons. The molecular weight excluding hydrogens is 736 g/mol. The van der Waals surface area contributed by atoms with Crippen molar-refractivity contribution in [2.24, 2.45) is 12.8 Å². The van der Waals surface area contributed by atoms with Gasteiger partial charge >= 0.3 is 17.8 Å². The van der Waals surface area contributed by atoms with Crippen LogP contribution in [0.15, 0.2) is 40.2 Å². The Bertz CT molecular complexity index is 2570. The smallest absolute Gasteiger partial charge is 0.415 e. The molecule has 9 rings (SSSR count). The number of carbonyl (C=O) groups is 3. The zero-order chi connectivity index (χ0) is 40.2. The van der Waals surface area contributed by atoms with E-state index < -0.39 is 23.2 Å². The van der Waals surface area contributed by atoms with E-state index in [2.05, 4.69) is 27.1 Å². The lowest BCUT2D eigenvalue weighted by Gasteiger charge is -2.39. The number of pyridine rings is 2. The molecule has 0 unspecified atom stereocenters. The van der Waals surface area contributed by atoms with Crippen LogP contribution < -0.4 is 21.7 Å². The lowest BCUT2D eigenvalue weighted by atomic mass is 9.86. The molecule has 4 aliphatic rings. The summed E-state index contributed by atoms with van der Waals surface area (Å²) in [7, 11) is 1.44. The van der Waals surface area contributed by atoms with Crippen molar-refractivity contribution in [1.29, 1.82) is 0 Å². The predicted octanol–water partition coefficient (Wildman–Crippen LogP) is 2.01. The number of aromatic nitrogens is 7. The number of cyclic esters (lactones) is 1. The second-order valence-corrected chi connectivity index (χ2v) is 14.9. The number of primary amides is 1. The first-order valence-corrected chi connectivity index (χ1v) is 19.3. The van der Waals surface area contributed by atoms with E-state index in [1.54, 1.807) is 23.6 Å². The Morgan fingerprint density at radius 1 is 1.04 bits per heavy atom. The second-order valence-electron chi connectivity index (χ2n) is 14.9. The van der Waals surface area contributed by atoms with Crippen molar-refractivity contribution < 1.29 is 29.0 Å². The monoisotopic (exact) mass is 780 g/mol. The van der Waals surface area contributed by atoms with Crippen LogP contribution in [0, 0.1) is 0 Å². The molecule has 3 N–H and O–H groups in total. The van der Waals surface area contributed by atoms with E-state index in [0.29, 0.717) is 60.4 Å². The number of carbonyl (C=O) groups excluding carboxylic acids is 3. The lowest BCUT2D eigenvalue weighted by molar-refractivity contribution is -0.172. The van der Waals surface area contributed by atoms with Crippen LogP contribution in [0.1, 0.15) is 85.1 Å². The Balaban J connectivity index is 0.000000274. The highest BCUT2D eigenvalue weighted by atomic mass is 16.6. The number of hydrogen-bond acceptors (Lipinski definition) is 13. The van der Waals surface area contributed by atoms with E-state index in [1.165, 1.54) is 45.7 Å². The minimum absolute atomic E-state index is 0.0600. The van der Waals surface area contributed by atoms with Gasteiger partial charge in [-0.2, -0.15) is 4.68 Å². The van der Waals surface area contributed by atoms with Gasteiger partial charge in [0.2, 0.25) is 0 Å². The molecule has 0 radical (unpaired) electrons. The van der Waals surface area contributed by atoms with Crippen molar-refractivity contribution in [3.63, 3.8) is 0 Å². The fourth-order valence-corrected chi connectivity index (χ4v) is 8.53. The van der Waals surface area contributed by atoms with Crippen LogP contribution in [0.4, 0.5) is 4.79 Å². The zero-order valence-corrected chi connectivity index (χ0v) is 32.1. The Morgan fingerprint density at radius 3 is 2.49 bits per heavy atom. The van der Waals surface area contributed by atoms with Gasteiger partial charge in [0, 0.05) is 42.7 Å². The molecule has 18 nitrogen and oxygen atoms in total. The number of hydrogen-bond donors (Lipinski definition) is 2. The number of piperidine rings is 2.